The highest BCUT2D eigenvalue weighted by molar-refractivity contribution is 8.00. The number of thioether (sulfide) groups is 1. The van der Waals surface area contributed by atoms with Crippen LogP contribution in [0.3, 0.4) is 0 Å². The fourth-order valence-corrected chi connectivity index (χ4v) is 4.71. The van der Waals surface area contributed by atoms with E-state index in [2.05, 4.69) is 10.5 Å². The van der Waals surface area contributed by atoms with Gasteiger partial charge in [-0.15, -0.1) is 11.8 Å². The van der Waals surface area contributed by atoms with E-state index in [1.54, 1.807) is 55.1 Å². The van der Waals surface area contributed by atoms with Crippen LogP contribution in [-0.2, 0) is 11.3 Å². The average Bonchev–Trinajstić information content (AvgIpc) is 3.18. The largest absolute Gasteiger partial charge is 0.507 e. The Balaban J connectivity index is 1.44. The number of hydrogen-bond donors (Lipinski definition) is 2. The molecule has 162 valence electrons. The van der Waals surface area contributed by atoms with Crippen LogP contribution >= 0.6 is 11.8 Å². The zero-order chi connectivity index (χ0) is 22.5. The first-order valence-electron chi connectivity index (χ1n) is 10.2. The first-order valence-corrected chi connectivity index (χ1v) is 11.3. The summed E-state index contributed by atoms with van der Waals surface area (Å²) >= 11 is 1.59. The van der Waals surface area contributed by atoms with Crippen molar-refractivity contribution >= 4 is 29.3 Å². The minimum absolute atomic E-state index is 0.0823. The van der Waals surface area contributed by atoms with Gasteiger partial charge in [-0.3, -0.25) is 9.59 Å². The van der Waals surface area contributed by atoms with Crippen molar-refractivity contribution in [3.05, 3.63) is 101 Å². The molecule has 1 saturated heterocycles. The summed E-state index contributed by atoms with van der Waals surface area (Å²) in [6.07, 6.45) is 0. The fraction of sp³-hybridized carbons (Fsp3) is 0.160. The minimum Gasteiger partial charge on any atom is -0.507 e. The molecule has 4 rings (SSSR count). The predicted octanol–water partition coefficient (Wildman–Crippen LogP) is 4.32. The maximum absolute atomic E-state index is 12.5. The lowest BCUT2D eigenvalue weighted by molar-refractivity contribution is -0.128. The summed E-state index contributed by atoms with van der Waals surface area (Å²) in [6.45, 7) is 2.27. The van der Waals surface area contributed by atoms with Crippen LogP contribution in [0, 0.1) is 0 Å². The molecule has 0 aromatic heterocycles. The van der Waals surface area contributed by atoms with Crippen molar-refractivity contribution in [1.29, 1.82) is 0 Å². The Morgan fingerprint density at radius 3 is 2.47 bits per heavy atom. The van der Waals surface area contributed by atoms with Crippen molar-refractivity contribution in [3.63, 3.8) is 0 Å². The molecule has 1 aliphatic rings. The number of aromatic hydroxyl groups is 1. The molecular formula is C25H23N3O3S. The number of phenolic OH excluding ortho intramolecular Hbond substituents is 1. The predicted molar refractivity (Wildman–Crippen MR) is 126 cm³/mol. The Bertz CT molecular complexity index is 1150. The molecule has 0 bridgehead atoms. The number of nitrogens with zero attached hydrogens (tertiary/aromatic N) is 2. The summed E-state index contributed by atoms with van der Waals surface area (Å²) in [6, 6.07) is 24.0. The van der Waals surface area contributed by atoms with E-state index < -0.39 is 0 Å². The molecule has 3 aromatic rings. The van der Waals surface area contributed by atoms with Gasteiger partial charge in [-0.1, -0.05) is 54.6 Å². The third-order valence-electron chi connectivity index (χ3n) is 5.24. The van der Waals surface area contributed by atoms with Gasteiger partial charge in [0, 0.05) is 17.7 Å². The lowest BCUT2D eigenvalue weighted by Crippen LogP contribution is -2.27. The van der Waals surface area contributed by atoms with Crippen LogP contribution in [0.25, 0.3) is 0 Å². The van der Waals surface area contributed by atoms with E-state index in [-0.39, 0.29) is 22.9 Å². The number of nitrogens with one attached hydrogen (secondary N) is 1. The number of carbonyl (C=O) groups excluding carboxylic acids is 2. The molecule has 0 saturated carbocycles. The summed E-state index contributed by atoms with van der Waals surface area (Å²) in [5.74, 6) is 0.318. The van der Waals surface area contributed by atoms with E-state index in [0.29, 0.717) is 29.1 Å². The van der Waals surface area contributed by atoms with Crippen molar-refractivity contribution in [2.24, 2.45) is 5.10 Å². The zero-order valence-electron chi connectivity index (χ0n) is 17.6. The molecule has 1 atom stereocenters. The Morgan fingerprint density at radius 2 is 1.75 bits per heavy atom. The Morgan fingerprint density at radius 1 is 1.06 bits per heavy atom. The van der Waals surface area contributed by atoms with Crippen molar-refractivity contribution in [3.8, 4) is 5.75 Å². The summed E-state index contributed by atoms with van der Waals surface area (Å²) in [7, 11) is 0. The molecule has 0 radical (unpaired) electrons. The van der Waals surface area contributed by atoms with Gasteiger partial charge in [-0.25, -0.2) is 5.43 Å². The van der Waals surface area contributed by atoms with Crippen LogP contribution in [0.5, 0.6) is 5.75 Å². The molecule has 1 fully saturated rings. The number of phenols is 1. The van der Waals surface area contributed by atoms with E-state index in [1.165, 1.54) is 0 Å². The lowest BCUT2D eigenvalue weighted by Gasteiger charge is -2.24. The lowest BCUT2D eigenvalue weighted by atomic mass is 10.1. The quantitative estimate of drug-likeness (QED) is 0.437. The van der Waals surface area contributed by atoms with Gasteiger partial charge in [0.1, 0.15) is 11.1 Å². The van der Waals surface area contributed by atoms with Gasteiger partial charge in [0.15, 0.2) is 0 Å². The molecule has 32 heavy (non-hydrogen) atoms. The number of rotatable bonds is 6. The molecule has 1 heterocycles. The number of hydrogen-bond acceptors (Lipinski definition) is 5. The minimum atomic E-state index is -0.345. The molecule has 6 nitrogen and oxygen atoms in total. The second-order valence-corrected chi connectivity index (χ2v) is 8.52. The van der Waals surface area contributed by atoms with Gasteiger partial charge in [-0.05, 0) is 42.3 Å². The summed E-state index contributed by atoms with van der Waals surface area (Å²) < 4.78 is 0. The van der Waals surface area contributed by atoms with Gasteiger partial charge >= 0.3 is 0 Å². The highest BCUT2D eigenvalue weighted by Crippen LogP contribution is 2.39. The van der Waals surface area contributed by atoms with Gasteiger partial charge in [0.05, 0.1) is 11.5 Å². The standard InChI is InChI=1S/C25H23N3O3S/c1-17(21-9-5-6-10-22(21)29)26-27-24(31)19-11-13-20(14-12-19)25-28(23(30)16-32-25)15-18-7-3-2-4-8-18/h2-14,25,29H,15-16H2,1H3,(H,27,31)/b26-17-/t25-/m1/s1. The summed E-state index contributed by atoms with van der Waals surface area (Å²) in [4.78, 5) is 26.8. The van der Waals surface area contributed by atoms with Gasteiger partial charge in [-0.2, -0.15) is 5.10 Å². The van der Waals surface area contributed by atoms with E-state index in [0.717, 1.165) is 11.1 Å². The second-order valence-electron chi connectivity index (χ2n) is 7.45. The second kappa shape index (κ2) is 9.70. The van der Waals surface area contributed by atoms with Gasteiger partial charge in [0.2, 0.25) is 5.91 Å². The molecule has 0 unspecified atom stereocenters. The molecular weight excluding hydrogens is 422 g/mol. The average molecular weight is 446 g/mol. The van der Waals surface area contributed by atoms with Crippen molar-refractivity contribution in [2.45, 2.75) is 18.8 Å². The highest BCUT2D eigenvalue weighted by Gasteiger charge is 2.32. The molecule has 1 aliphatic heterocycles. The maximum Gasteiger partial charge on any atom is 0.271 e. The first kappa shape index (κ1) is 21.6. The maximum atomic E-state index is 12.5. The molecule has 7 heteroatoms. The SMILES string of the molecule is C/C(=N/NC(=O)c1ccc([C@H]2SCC(=O)N2Cc2ccccc2)cc1)c1ccccc1O. The van der Waals surface area contributed by atoms with Crippen molar-refractivity contribution in [1.82, 2.24) is 10.3 Å². The van der Waals surface area contributed by atoms with Crippen LogP contribution in [0.2, 0.25) is 0 Å². The number of para-hydroxylation sites is 1. The Labute approximate surface area is 191 Å². The Kier molecular flexibility index (Phi) is 6.56. The highest BCUT2D eigenvalue weighted by atomic mass is 32.2. The van der Waals surface area contributed by atoms with Crippen LogP contribution in [0.15, 0.2) is 84.0 Å². The van der Waals surface area contributed by atoms with E-state index in [9.17, 15) is 14.7 Å². The normalized spacial score (nSPS) is 16.3. The van der Waals surface area contributed by atoms with E-state index in [4.69, 9.17) is 0 Å². The van der Waals surface area contributed by atoms with Crippen molar-refractivity contribution < 1.29 is 14.7 Å². The third-order valence-corrected chi connectivity index (χ3v) is 6.50. The topological polar surface area (TPSA) is 82.0 Å². The first-order chi connectivity index (χ1) is 15.5. The smallest absolute Gasteiger partial charge is 0.271 e. The third kappa shape index (κ3) is 4.84. The van der Waals surface area contributed by atoms with Crippen LogP contribution in [0.1, 0.15) is 39.3 Å². The number of hydrazone groups is 1. The summed E-state index contributed by atoms with van der Waals surface area (Å²) in [5.41, 5.74) is 6.12. The number of amides is 2. The molecule has 2 amide bonds. The molecule has 0 spiro atoms. The van der Waals surface area contributed by atoms with Crippen LogP contribution < -0.4 is 5.43 Å². The molecule has 3 aromatic carbocycles. The molecule has 0 aliphatic carbocycles. The zero-order valence-corrected chi connectivity index (χ0v) is 18.4. The number of carbonyl (C=O) groups is 2. The molecule has 2 N–H and O–H groups in total. The van der Waals surface area contributed by atoms with Gasteiger partial charge in [0.25, 0.3) is 5.91 Å². The van der Waals surface area contributed by atoms with Crippen molar-refractivity contribution in [2.75, 3.05) is 5.75 Å². The fourth-order valence-electron chi connectivity index (χ4n) is 3.52. The monoisotopic (exact) mass is 445 g/mol. The Hall–Kier alpha value is -3.58. The van der Waals surface area contributed by atoms with Crippen LogP contribution in [0.4, 0.5) is 0 Å². The van der Waals surface area contributed by atoms with E-state index in [1.807, 2.05) is 47.4 Å². The number of benzene rings is 3. The van der Waals surface area contributed by atoms with Gasteiger partial charge < -0.3 is 10.0 Å². The van der Waals surface area contributed by atoms with Crippen LogP contribution in [-0.4, -0.2) is 33.3 Å². The van der Waals surface area contributed by atoms with E-state index >= 15 is 0 Å². The summed E-state index contributed by atoms with van der Waals surface area (Å²) in [5, 5.41) is 13.9.